The van der Waals surface area contributed by atoms with E-state index in [0.29, 0.717) is 10.9 Å². The second kappa shape index (κ2) is 3.87. The van der Waals surface area contributed by atoms with Gasteiger partial charge in [-0.05, 0) is 6.07 Å². The van der Waals surface area contributed by atoms with Crippen LogP contribution in [0, 0.1) is 0 Å². The van der Waals surface area contributed by atoms with Gasteiger partial charge in [0.15, 0.2) is 0 Å². The van der Waals surface area contributed by atoms with E-state index in [0.717, 1.165) is 0 Å². The summed E-state index contributed by atoms with van der Waals surface area (Å²) in [6.45, 7) is 0. The Balaban J connectivity index is 2.82. The molecule has 2 heterocycles. The Kier molecular flexibility index (Phi) is 2.71. The van der Waals surface area contributed by atoms with E-state index in [1.807, 2.05) is 0 Å². The lowest BCUT2D eigenvalue weighted by atomic mass is 10.2. The van der Waals surface area contributed by atoms with Crippen molar-refractivity contribution in [2.24, 2.45) is 0 Å². The third kappa shape index (κ3) is 1.75. The number of pyridine rings is 2. The Morgan fingerprint density at radius 1 is 1.20 bits per heavy atom. The van der Waals surface area contributed by atoms with Gasteiger partial charge in [-0.25, -0.2) is 13.8 Å². The van der Waals surface area contributed by atoms with Crippen molar-refractivity contribution in [1.82, 2.24) is 9.97 Å². The van der Waals surface area contributed by atoms with Crippen molar-refractivity contribution >= 4 is 34.1 Å². The van der Waals surface area contributed by atoms with Crippen molar-refractivity contribution in [3.63, 3.8) is 0 Å². The number of alkyl halides is 2. The number of nitrogens with zero attached hydrogens (tertiary/aromatic N) is 2. The minimum absolute atomic E-state index is 0.0602. The molecule has 0 saturated heterocycles. The highest BCUT2D eigenvalue weighted by molar-refractivity contribution is 6.45. The van der Waals surface area contributed by atoms with E-state index in [1.165, 1.54) is 18.5 Å². The lowest BCUT2D eigenvalue weighted by Crippen LogP contribution is -1.94. The fraction of sp³-hybridized carbons (Fsp3) is 0.111. The summed E-state index contributed by atoms with van der Waals surface area (Å²) in [5.74, 6) is 0. The summed E-state index contributed by atoms with van der Waals surface area (Å²) >= 11 is 11.5. The van der Waals surface area contributed by atoms with Gasteiger partial charge < -0.3 is 0 Å². The first-order chi connectivity index (χ1) is 7.11. The zero-order valence-electron chi connectivity index (χ0n) is 7.22. The van der Waals surface area contributed by atoms with Crippen LogP contribution in [0.15, 0.2) is 18.5 Å². The molecule has 2 nitrogen and oxygen atoms in total. The Morgan fingerprint density at radius 3 is 2.60 bits per heavy atom. The van der Waals surface area contributed by atoms with Crippen LogP contribution >= 0.6 is 23.2 Å². The second-order valence-corrected chi connectivity index (χ2v) is 3.57. The molecular formula is C9H4Cl2F2N2. The van der Waals surface area contributed by atoms with Gasteiger partial charge in [-0.15, -0.1) is 0 Å². The van der Waals surface area contributed by atoms with Crippen LogP contribution in [0.5, 0.6) is 0 Å². The summed E-state index contributed by atoms with van der Waals surface area (Å²) in [5, 5.41) is 0.311. The van der Waals surface area contributed by atoms with Crippen LogP contribution < -0.4 is 0 Å². The van der Waals surface area contributed by atoms with Crippen LogP contribution in [-0.2, 0) is 0 Å². The number of rotatable bonds is 1. The highest BCUT2D eigenvalue weighted by Crippen LogP contribution is 2.35. The van der Waals surface area contributed by atoms with Crippen LogP contribution in [0.3, 0.4) is 0 Å². The van der Waals surface area contributed by atoms with Gasteiger partial charge in [0.2, 0.25) is 0 Å². The van der Waals surface area contributed by atoms with Crippen molar-refractivity contribution in [2.75, 3.05) is 0 Å². The van der Waals surface area contributed by atoms with E-state index < -0.39 is 12.1 Å². The van der Waals surface area contributed by atoms with E-state index >= 15 is 0 Å². The average Bonchev–Trinajstić information content (AvgIpc) is 2.23. The Morgan fingerprint density at radius 2 is 1.93 bits per heavy atom. The fourth-order valence-corrected chi connectivity index (χ4v) is 1.68. The number of halogens is 4. The second-order valence-electron chi connectivity index (χ2n) is 2.82. The summed E-state index contributed by atoms with van der Waals surface area (Å²) in [6.07, 6.45) is 0.147. The molecule has 0 N–H and O–H groups in total. The van der Waals surface area contributed by atoms with Gasteiger partial charge in [-0.1, -0.05) is 23.2 Å². The van der Waals surface area contributed by atoms with Crippen LogP contribution in [-0.4, -0.2) is 9.97 Å². The van der Waals surface area contributed by atoms with Crippen molar-refractivity contribution in [2.45, 2.75) is 6.43 Å². The summed E-state index contributed by atoms with van der Waals surface area (Å²) < 4.78 is 25.0. The minimum Gasteiger partial charge on any atom is -0.264 e. The highest BCUT2D eigenvalue weighted by atomic mass is 35.5. The van der Waals surface area contributed by atoms with Gasteiger partial charge in [0, 0.05) is 17.8 Å². The molecule has 0 aliphatic rings. The predicted octanol–water partition coefficient (Wildman–Crippen LogP) is 3.87. The summed E-state index contributed by atoms with van der Waals surface area (Å²) in [7, 11) is 0. The number of hydrogen-bond donors (Lipinski definition) is 0. The molecule has 0 spiro atoms. The molecule has 2 rings (SSSR count). The van der Waals surface area contributed by atoms with Gasteiger partial charge in [-0.2, -0.15) is 0 Å². The van der Waals surface area contributed by atoms with Crippen LogP contribution in [0.1, 0.15) is 12.1 Å². The van der Waals surface area contributed by atoms with Crippen molar-refractivity contribution in [3.8, 4) is 0 Å². The van der Waals surface area contributed by atoms with E-state index in [1.54, 1.807) is 0 Å². The van der Waals surface area contributed by atoms with Crippen LogP contribution in [0.4, 0.5) is 8.78 Å². The Bertz CT molecular complexity index is 517. The topological polar surface area (TPSA) is 25.8 Å². The third-order valence-electron chi connectivity index (χ3n) is 1.90. The normalized spacial score (nSPS) is 11.3. The number of hydrogen-bond acceptors (Lipinski definition) is 2. The van der Waals surface area contributed by atoms with E-state index in [-0.39, 0.29) is 10.0 Å². The summed E-state index contributed by atoms with van der Waals surface area (Å²) in [4.78, 5) is 7.55. The largest absolute Gasteiger partial charge is 0.281 e. The zero-order chi connectivity index (χ0) is 11.0. The first-order valence-electron chi connectivity index (χ1n) is 3.98. The third-order valence-corrected chi connectivity index (χ3v) is 2.77. The maximum absolute atomic E-state index is 12.5. The Hall–Kier alpha value is -1.000. The molecule has 2 aromatic rings. The molecule has 0 bridgehead atoms. The van der Waals surface area contributed by atoms with Crippen LogP contribution in [0.2, 0.25) is 10.0 Å². The minimum atomic E-state index is -2.74. The van der Waals surface area contributed by atoms with Gasteiger partial charge >= 0.3 is 0 Å². The number of fused-ring (bicyclic) bond motifs is 1. The molecule has 0 amide bonds. The highest BCUT2D eigenvalue weighted by Gasteiger charge is 2.18. The molecule has 0 radical (unpaired) electrons. The molecule has 0 unspecified atom stereocenters. The summed E-state index contributed by atoms with van der Waals surface area (Å²) in [5.41, 5.74) is -0.143. The zero-order valence-corrected chi connectivity index (χ0v) is 8.73. The van der Waals surface area contributed by atoms with E-state index in [2.05, 4.69) is 9.97 Å². The van der Waals surface area contributed by atoms with Gasteiger partial charge in [0.25, 0.3) is 6.43 Å². The average molecular weight is 249 g/mol. The van der Waals surface area contributed by atoms with Crippen molar-refractivity contribution < 1.29 is 8.78 Å². The maximum atomic E-state index is 12.5. The fourth-order valence-electron chi connectivity index (χ4n) is 1.21. The molecule has 0 atom stereocenters. The lowest BCUT2D eigenvalue weighted by molar-refractivity contribution is 0.146. The maximum Gasteiger partial charge on any atom is 0.281 e. The van der Waals surface area contributed by atoms with Crippen molar-refractivity contribution in [3.05, 3.63) is 34.2 Å². The Labute approximate surface area is 93.9 Å². The number of aromatic nitrogens is 2. The molecule has 78 valence electrons. The monoisotopic (exact) mass is 248 g/mol. The SMILES string of the molecule is FC(F)c1nc2ccncc2c(Cl)c1Cl. The molecule has 0 aliphatic carbocycles. The van der Waals surface area contributed by atoms with Crippen molar-refractivity contribution in [1.29, 1.82) is 0 Å². The molecule has 6 heteroatoms. The lowest BCUT2D eigenvalue weighted by Gasteiger charge is -2.06. The molecule has 0 fully saturated rings. The molecule has 0 saturated carbocycles. The molecule has 15 heavy (non-hydrogen) atoms. The summed E-state index contributed by atoms with van der Waals surface area (Å²) in [6, 6.07) is 1.50. The van der Waals surface area contributed by atoms with Gasteiger partial charge in [0.1, 0.15) is 5.69 Å². The smallest absolute Gasteiger partial charge is 0.264 e. The van der Waals surface area contributed by atoms with Crippen LogP contribution in [0.25, 0.3) is 10.9 Å². The predicted molar refractivity (Wildman–Crippen MR) is 54.5 cm³/mol. The first kappa shape index (κ1) is 10.5. The quantitative estimate of drug-likeness (QED) is 0.766. The molecular weight excluding hydrogens is 245 g/mol. The van der Waals surface area contributed by atoms with E-state index in [9.17, 15) is 8.78 Å². The van der Waals surface area contributed by atoms with E-state index in [4.69, 9.17) is 23.2 Å². The molecule has 0 aromatic carbocycles. The first-order valence-corrected chi connectivity index (χ1v) is 4.73. The van der Waals surface area contributed by atoms with Gasteiger partial charge in [0.05, 0.1) is 15.6 Å². The molecule has 0 aliphatic heterocycles. The molecule has 2 aromatic heterocycles. The standard InChI is InChI=1S/C9H4Cl2F2N2/c10-6-4-3-14-2-1-5(4)15-8(7(6)11)9(12)13/h1-3,9H. The van der Waals surface area contributed by atoms with Gasteiger partial charge in [-0.3, -0.25) is 4.98 Å².